The molecule has 2 heterocycles. The Labute approximate surface area is 110 Å². The average molecular weight is 289 g/mol. The number of aliphatic hydroxyl groups excluding tert-OH is 1. The van der Waals surface area contributed by atoms with Crippen LogP contribution in [0.4, 0.5) is 0 Å². The zero-order chi connectivity index (χ0) is 14.4. The average Bonchev–Trinajstić information content (AvgIpc) is 2.83. The van der Waals surface area contributed by atoms with E-state index >= 15 is 0 Å². The second-order valence-corrected chi connectivity index (χ2v) is 6.41. The number of aromatic amines is 1. The quantitative estimate of drug-likeness (QED) is 0.671. The molecule has 106 valence electrons. The van der Waals surface area contributed by atoms with Crippen molar-refractivity contribution in [3.8, 4) is 0 Å². The zero-order valence-corrected chi connectivity index (χ0v) is 11.3. The molecule has 1 unspecified atom stereocenters. The van der Waals surface area contributed by atoms with Crippen molar-refractivity contribution in [2.24, 2.45) is 0 Å². The fraction of sp³-hybridized carbons (Fsp3) is 0.600. The molecule has 3 N–H and O–H groups in total. The van der Waals surface area contributed by atoms with E-state index < -0.39 is 28.1 Å². The lowest BCUT2D eigenvalue weighted by molar-refractivity contribution is -0.140. The summed E-state index contributed by atoms with van der Waals surface area (Å²) in [7, 11) is -3.99. The first kappa shape index (κ1) is 14.0. The van der Waals surface area contributed by atoms with Crippen molar-refractivity contribution >= 4 is 16.0 Å². The summed E-state index contributed by atoms with van der Waals surface area (Å²) >= 11 is 0. The Kier molecular flexibility index (Phi) is 3.37. The van der Waals surface area contributed by atoms with Gasteiger partial charge in [-0.15, -0.1) is 0 Å². The lowest BCUT2D eigenvalue weighted by Gasteiger charge is -2.20. The van der Waals surface area contributed by atoms with Gasteiger partial charge in [-0.25, -0.2) is 8.42 Å². The van der Waals surface area contributed by atoms with E-state index in [1.807, 2.05) is 0 Å². The molecule has 1 aromatic heterocycles. The second-order valence-electron chi connectivity index (χ2n) is 4.58. The molecule has 1 aromatic rings. The number of sulfonamides is 1. The minimum atomic E-state index is -3.99. The highest BCUT2D eigenvalue weighted by Gasteiger charge is 2.44. The van der Waals surface area contributed by atoms with Gasteiger partial charge in [0.1, 0.15) is 10.9 Å². The number of rotatable bonds is 3. The third-order valence-corrected chi connectivity index (χ3v) is 5.28. The number of nitrogens with one attached hydrogen (secondary N) is 1. The Bertz CT molecular complexity index is 589. The molecule has 8 nitrogen and oxygen atoms in total. The van der Waals surface area contributed by atoms with Crippen LogP contribution >= 0.6 is 0 Å². The number of aromatic nitrogens is 2. The highest BCUT2D eigenvalue weighted by atomic mass is 32.2. The van der Waals surface area contributed by atoms with E-state index in [1.54, 1.807) is 6.92 Å². The van der Waals surface area contributed by atoms with Gasteiger partial charge in [-0.05, 0) is 13.8 Å². The van der Waals surface area contributed by atoms with Crippen LogP contribution in [-0.4, -0.2) is 57.8 Å². The number of β-amino-alcohol motifs (C(OH)–C–C–N with tert-alkyl or cyclic N) is 1. The number of carboxylic acids is 1. The standard InChI is InChI=1S/C10H15N3O5S/c1-5-9(6(2)12-11-5)19(17,18)13-4-7(14)3-8(13)10(15)16/h7-8,14H,3-4H2,1-2H3,(H,11,12)(H,15,16)/t7?,8-/m1/s1. The molecule has 0 amide bonds. The van der Waals surface area contributed by atoms with Crippen LogP contribution in [0.1, 0.15) is 17.8 Å². The van der Waals surface area contributed by atoms with E-state index in [0.29, 0.717) is 5.69 Å². The number of nitrogens with zero attached hydrogens (tertiary/aromatic N) is 2. The molecular formula is C10H15N3O5S. The number of carbonyl (C=O) groups is 1. The summed E-state index contributed by atoms with van der Waals surface area (Å²) in [5.41, 5.74) is 0.631. The number of hydrogen-bond donors (Lipinski definition) is 3. The van der Waals surface area contributed by atoms with Crippen LogP contribution in [0.2, 0.25) is 0 Å². The molecule has 0 aliphatic carbocycles. The maximum Gasteiger partial charge on any atom is 0.322 e. The molecule has 0 spiro atoms. The van der Waals surface area contributed by atoms with Crippen LogP contribution in [0.15, 0.2) is 4.90 Å². The van der Waals surface area contributed by atoms with Crippen molar-refractivity contribution in [1.82, 2.24) is 14.5 Å². The number of aliphatic hydroxyl groups is 1. The van der Waals surface area contributed by atoms with Crippen LogP contribution < -0.4 is 0 Å². The van der Waals surface area contributed by atoms with Gasteiger partial charge in [-0.1, -0.05) is 0 Å². The number of carboxylic acid groups (broad SMARTS) is 1. The van der Waals surface area contributed by atoms with Gasteiger partial charge in [0.15, 0.2) is 0 Å². The van der Waals surface area contributed by atoms with Gasteiger partial charge in [0.05, 0.1) is 17.5 Å². The summed E-state index contributed by atoms with van der Waals surface area (Å²) in [4.78, 5) is 11.1. The zero-order valence-electron chi connectivity index (χ0n) is 10.5. The van der Waals surface area contributed by atoms with Crippen molar-refractivity contribution in [2.45, 2.75) is 37.3 Å². The number of hydrogen-bond acceptors (Lipinski definition) is 5. The monoisotopic (exact) mass is 289 g/mol. The predicted octanol–water partition coefficient (Wildman–Crippen LogP) is -0.765. The van der Waals surface area contributed by atoms with Gasteiger partial charge in [0.25, 0.3) is 0 Å². The van der Waals surface area contributed by atoms with Gasteiger partial charge in [0, 0.05) is 13.0 Å². The third-order valence-electron chi connectivity index (χ3n) is 3.15. The summed E-state index contributed by atoms with van der Waals surface area (Å²) in [6.07, 6.45) is -1.08. The Morgan fingerprint density at radius 1 is 1.47 bits per heavy atom. The summed E-state index contributed by atoms with van der Waals surface area (Å²) in [5, 5.41) is 24.9. The maximum absolute atomic E-state index is 12.5. The lowest BCUT2D eigenvalue weighted by Crippen LogP contribution is -2.40. The summed E-state index contributed by atoms with van der Waals surface area (Å²) in [6.45, 7) is 2.86. The maximum atomic E-state index is 12.5. The van der Waals surface area contributed by atoms with E-state index in [2.05, 4.69) is 10.2 Å². The van der Waals surface area contributed by atoms with Crippen molar-refractivity contribution in [2.75, 3.05) is 6.54 Å². The fourth-order valence-electron chi connectivity index (χ4n) is 2.31. The Hall–Kier alpha value is -1.45. The van der Waals surface area contributed by atoms with E-state index in [1.165, 1.54) is 6.92 Å². The molecule has 1 aliphatic heterocycles. The van der Waals surface area contributed by atoms with Gasteiger partial charge in [-0.3, -0.25) is 9.89 Å². The molecule has 2 rings (SSSR count). The smallest absolute Gasteiger partial charge is 0.322 e. The molecule has 0 aromatic carbocycles. The molecule has 2 atom stereocenters. The molecule has 0 radical (unpaired) electrons. The molecule has 1 saturated heterocycles. The topological polar surface area (TPSA) is 124 Å². The van der Waals surface area contributed by atoms with E-state index in [9.17, 15) is 18.3 Å². The predicted molar refractivity (Wildman–Crippen MR) is 64.0 cm³/mol. The van der Waals surface area contributed by atoms with Crippen LogP contribution in [0.5, 0.6) is 0 Å². The first-order chi connectivity index (χ1) is 8.75. The van der Waals surface area contributed by atoms with Gasteiger partial charge < -0.3 is 10.2 Å². The van der Waals surface area contributed by atoms with Crippen LogP contribution in [-0.2, 0) is 14.8 Å². The first-order valence-electron chi connectivity index (χ1n) is 5.69. The molecule has 9 heteroatoms. The molecule has 0 saturated carbocycles. The molecule has 19 heavy (non-hydrogen) atoms. The normalized spacial score (nSPS) is 24.8. The van der Waals surface area contributed by atoms with Gasteiger partial charge in [-0.2, -0.15) is 9.40 Å². The highest BCUT2D eigenvalue weighted by Crippen LogP contribution is 2.29. The molecule has 1 fully saturated rings. The third kappa shape index (κ3) is 2.24. The SMILES string of the molecule is Cc1n[nH]c(C)c1S(=O)(=O)N1CC(O)C[C@@H]1C(=O)O. The molecular weight excluding hydrogens is 274 g/mol. The van der Waals surface area contributed by atoms with Gasteiger partial charge in [0.2, 0.25) is 10.0 Å². The Balaban J connectivity index is 2.48. The largest absolute Gasteiger partial charge is 0.480 e. The minimum Gasteiger partial charge on any atom is -0.480 e. The van der Waals surface area contributed by atoms with Crippen molar-refractivity contribution in [3.63, 3.8) is 0 Å². The fourth-order valence-corrected chi connectivity index (χ4v) is 4.28. The van der Waals surface area contributed by atoms with Crippen LogP contribution in [0.3, 0.4) is 0 Å². The Morgan fingerprint density at radius 2 is 2.11 bits per heavy atom. The number of aliphatic carboxylic acids is 1. The summed E-state index contributed by atoms with van der Waals surface area (Å²) in [6, 6.07) is -1.24. The number of H-pyrrole nitrogens is 1. The van der Waals surface area contributed by atoms with Gasteiger partial charge >= 0.3 is 5.97 Å². The van der Waals surface area contributed by atoms with Crippen molar-refractivity contribution in [3.05, 3.63) is 11.4 Å². The molecule has 0 bridgehead atoms. The summed E-state index contributed by atoms with van der Waals surface area (Å²) < 4.78 is 25.8. The van der Waals surface area contributed by atoms with E-state index in [-0.39, 0.29) is 23.6 Å². The van der Waals surface area contributed by atoms with Crippen LogP contribution in [0.25, 0.3) is 0 Å². The summed E-state index contributed by atoms with van der Waals surface area (Å²) in [5.74, 6) is -1.26. The minimum absolute atomic E-state index is 0.0205. The molecule has 1 aliphatic rings. The highest BCUT2D eigenvalue weighted by molar-refractivity contribution is 7.89. The first-order valence-corrected chi connectivity index (χ1v) is 7.13. The lowest BCUT2D eigenvalue weighted by atomic mass is 10.2. The second kappa shape index (κ2) is 4.58. The number of aryl methyl sites for hydroxylation is 2. The van der Waals surface area contributed by atoms with E-state index in [0.717, 1.165) is 4.31 Å². The van der Waals surface area contributed by atoms with Crippen molar-refractivity contribution in [1.29, 1.82) is 0 Å². The van der Waals surface area contributed by atoms with E-state index in [4.69, 9.17) is 5.11 Å². The Morgan fingerprint density at radius 3 is 2.58 bits per heavy atom. The van der Waals surface area contributed by atoms with Crippen molar-refractivity contribution < 1.29 is 23.4 Å². The van der Waals surface area contributed by atoms with Crippen LogP contribution in [0, 0.1) is 13.8 Å².